The van der Waals surface area contributed by atoms with Gasteiger partial charge in [-0.3, -0.25) is 0 Å². The van der Waals surface area contributed by atoms with Crippen molar-refractivity contribution in [1.29, 1.82) is 0 Å². The molecule has 1 heterocycles. The van der Waals surface area contributed by atoms with Crippen LogP contribution < -0.4 is 0 Å². The Hall–Kier alpha value is -0.610. The van der Waals surface area contributed by atoms with E-state index >= 15 is 0 Å². The molecule has 5 heteroatoms. The first-order valence-corrected chi connectivity index (χ1v) is 5.86. The summed E-state index contributed by atoms with van der Waals surface area (Å²) in [5.74, 6) is -0.273. The molecule has 1 aromatic carbocycles. The summed E-state index contributed by atoms with van der Waals surface area (Å²) in [5.41, 5.74) is 1.13. The van der Waals surface area contributed by atoms with Gasteiger partial charge in [0.2, 0.25) is 5.28 Å². The van der Waals surface area contributed by atoms with Gasteiger partial charge in [0.25, 0.3) is 0 Å². The van der Waals surface area contributed by atoms with Crippen LogP contribution in [-0.4, -0.2) is 9.55 Å². The first-order chi connectivity index (χ1) is 7.16. The van der Waals surface area contributed by atoms with Crippen LogP contribution in [0.3, 0.4) is 0 Å². The van der Waals surface area contributed by atoms with Gasteiger partial charge in [0, 0.05) is 10.5 Å². The predicted molar refractivity (Wildman–Crippen MR) is 60.7 cm³/mol. The van der Waals surface area contributed by atoms with Crippen molar-refractivity contribution >= 4 is 38.6 Å². The van der Waals surface area contributed by atoms with Crippen LogP contribution in [0.5, 0.6) is 0 Å². The molecule has 0 N–H and O–H groups in total. The van der Waals surface area contributed by atoms with Gasteiger partial charge in [-0.25, -0.2) is 9.37 Å². The molecule has 1 fully saturated rings. The van der Waals surface area contributed by atoms with E-state index in [4.69, 9.17) is 11.6 Å². The second-order valence-corrected chi connectivity index (χ2v) is 4.99. The molecule has 0 unspecified atom stereocenters. The average Bonchev–Trinajstić information content (AvgIpc) is 2.89. The van der Waals surface area contributed by atoms with Crippen molar-refractivity contribution in [3.8, 4) is 0 Å². The summed E-state index contributed by atoms with van der Waals surface area (Å²) < 4.78 is 16.2. The maximum absolute atomic E-state index is 13.8. The lowest BCUT2D eigenvalue weighted by atomic mass is 10.3. The van der Waals surface area contributed by atoms with Gasteiger partial charge in [0.15, 0.2) is 0 Å². The summed E-state index contributed by atoms with van der Waals surface area (Å²) >= 11 is 9.23. The summed E-state index contributed by atoms with van der Waals surface area (Å²) in [6.45, 7) is 0. The van der Waals surface area contributed by atoms with Crippen molar-refractivity contribution in [2.24, 2.45) is 0 Å². The van der Waals surface area contributed by atoms with Crippen molar-refractivity contribution < 1.29 is 4.39 Å². The molecular weight excluding hydrogens is 282 g/mol. The monoisotopic (exact) mass is 288 g/mol. The number of imidazole rings is 1. The standard InChI is InChI=1S/C10H7BrClFN2/c11-5-3-7(13)9-8(4-5)14-10(12)15(9)6-1-2-6/h3-4,6H,1-2H2. The Balaban J connectivity index is 2.38. The van der Waals surface area contributed by atoms with E-state index in [0.29, 0.717) is 26.8 Å². The largest absolute Gasteiger partial charge is 0.309 e. The van der Waals surface area contributed by atoms with Gasteiger partial charge in [0.1, 0.15) is 11.3 Å². The zero-order valence-electron chi connectivity index (χ0n) is 7.67. The smallest absolute Gasteiger partial charge is 0.204 e. The Morgan fingerprint density at radius 3 is 2.87 bits per heavy atom. The zero-order valence-corrected chi connectivity index (χ0v) is 10.0. The molecule has 0 bridgehead atoms. The highest BCUT2D eigenvalue weighted by molar-refractivity contribution is 9.10. The minimum Gasteiger partial charge on any atom is -0.309 e. The van der Waals surface area contributed by atoms with Crippen LogP contribution >= 0.6 is 27.5 Å². The van der Waals surface area contributed by atoms with E-state index in [1.165, 1.54) is 6.07 Å². The van der Waals surface area contributed by atoms with E-state index in [1.54, 1.807) is 10.6 Å². The van der Waals surface area contributed by atoms with Crippen molar-refractivity contribution in [2.45, 2.75) is 18.9 Å². The average molecular weight is 290 g/mol. The molecule has 3 rings (SSSR count). The van der Waals surface area contributed by atoms with E-state index in [2.05, 4.69) is 20.9 Å². The molecule has 0 aliphatic heterocycles. The number of fused-ring (bicyclic) bond motifs is 1. The Labute approximate surface area is 99.2 Å². The lowest BCUT2D eigenvalue weighted by Crippen LogP contribution is -1.95. The molecule has 1 aromatic heterocycles. The molecule has 2 nitrogen and oxygen atoms in total. The number of nitrogens with zero attached hydrogens (tertiary/aromatic N) is 2. The number of benzene rings is 1. The Kier molecular flexibility index (Phi) is 2.04. The maximum Gasteiger partial charge on any atom is 0.204 e. The van der Waals surface area contributed by atoms with E-state index in [1.807, 2.05) is 0 Å². The van der Waals surface area contributed by atoms with Crippen LogP contribution in [0.15, 0.2) is 16.6 Å². The van der Waals surface area contributed by atoms with Crippen LogP contribution in [0.4, 0.5) is 4.39 Å². The topological polar surface area (TPSA) is 17.8 Å². The van der Waals surface area contributed by atoms with E-state index in [-0.39, 0.29) is 5.82 Å². The molecule has 0 radical (unpaired) electrons. The van der Waals surface area contributed by atoms with Crippen LogP contribution in [0.25, 0.3) is 11.0 Å². The number of hydrogen-bond acceptors (Lipinski definition) is 1. The molecule has 15 heavy (non-hydrogen) atoms. The van der Waals surface area contributed by atoms with Crippen molar-refractivity contribution in [3.63, 3.8) is 0 Å². The third-order valence-corrected chi connectivity index (χ3v) is 3.30. The van der Waals surface area contributed by atoms with Crippen LogP contribution in [0.1, 0.15) is 18.9 Å². The second-order valence-electron chi connectivity index (χ2n) is 3.74. The first kappa shape index (κ1) is 9.60. The fraction of sp³-hybridized carbons (Fsp3) is 0.300. The van der Waals surface area contributed by atoms with Crippen LogP contribution in [0.2, 0.25) is 5.28 Å². The molecule has 2 aromatic rings. The SMILES string of the molecule is Fc1cc(Br)cc2nc(Cl)n(C3CC3)c12. The maximum atomic E-state index is 13.8. The normalized spacial score (nSPS) is 16.2. The van der Waals surface area contributed by atoms with Gasteiger partial charge < -0.3 is 4.57 Å². The summed E-state index contributed by atoms with van der Waals surface area (Å²) in [4.78, 5) is 4.15. The van der Waals surface area contributed by atoms with Crippen LogP contribution in [-0.2, 0) is 0 Å². The molecule has 0 atom stereocenters. The first-order valence-electron chi connectivity index (χ1n) is 4.69. The molecular formula is C10H7BrClFN2. The zero-order chi connectivity index (χ0) is 10.6. The summed E-state index contributed by atoms with van der Waals surface area (Å²) in [5, 5.41) is 0.379. The highest BCUT2D eigenvalue weighted by atomic mass is 79.9. The lowest BCUT2D eigenvalue weighted by molar-refractivity contribution is 0.623. The van der Waals surface area contributed by atoms with E-state index in [0.717, 1.165) is 12.8 Å². The van der Waals surface area contributed by atoms with Gasteiger partial charge in [-0.15, -0.1) is 0 Å². The van der Waals surface area contributed by atoms with Crippen molar-refractivity contribution in [2.75, 3.05) is 0 Å². The molecule has 1 saturated carbocycles. The molecule has 0 saturated heterocycles. The molecule has 0 amide bonds. The van der Waals surface area contributed by atoms with Crippen LogP contribution in [0, 0.1) is 5.82 Å². The number of rotatable bonds is 1. The van der Waals surface area contributed by atoms with Gasteiger partial charge in [-0.05, 0) is 36.6 Å². The fourth-order valence-corrected chi connectivity index (χ4v) is 2.52. The minimum absolute atomic E-state index is 0.273. The quantitative estimate of drug-likeness (QED) is 0.778. The van der Waals surface area contributed by atoms with Gasteiger partial charge in [0.05, 0.1) is 5.52 Å². The molecule has 1 aliphatic carbocycles. The Morgan fingerprint density at radius 2 is 2.20 bits per heavy atom. The number of aromatic nitrogens is 2. The van der Waals surface area contributed by atoms with Crippen molar-refractivity contribution in [3.05, 3.63) is 27.7 Å². The molecule has 78 valence electrons. The molecule has 1 aliphatic rings. The Morgan fingerprint density at radius 1 is 1.47 bits per heavy atom. The van der Waals surface area contributed by atoms with Gasteiger partial charge >= 0.3 is 0 Å². The van der Waals surface area contributed by atoms with Gasteiger partial charge in [-0.2, -0.15) is 0 Å². The second kappa shape index (κ2) is 3.19. The summed E-state index contributed by atoms with van der Waals surface area (Å²) in [7, 11) is 0. The highest BCUT2D eigenvalue weighted by Gasteiger charge is 2.29. The summed E-state index contributed by atoms with van der Waals surface area (Å²) in [6, 6.07) is 3.56. The summed E-state index contributed by atoms with van der Waals surface area (Å²) in [6.07, 6.45) is 2.11. The Bertz CT molecular complexity index is 548. The van der Waals surface area contributed by atoms with Gasteiger partial charge in [-0.1, -0.05) is 15.9 Å². The molecule has 0 spiro atoms. The highest BCUT2D eigenvalue weighted by Crippen LogP contribution is 2.40. The third kappa shape index (κ3) is 1.47. The number of halogens is 3. The van der Waals surface area contributed by atoms with Crippen molar-refractivity contribution in [1.82, 2.24) is 9.55 Å². The van der Waals surface area contributed by atoms with E-state index in [9.17, 15) is 4.39 Å². The third-order valence-electron chi connectivity index (χ3n) is 2.57. The van der Waals surface area contributed by atoms with E-state index < -0.39 is 0 Å². The fourth-order valence-electron chi connectivity index (χ4n) is 1.79. The minimum atomic E-state index is -0.273. The number of hydrogen-bond donors (Lipinski definition) is 0. The predicted octanol–water partition coefficient (Wildman–Crippen LogP) is 3.93. The lowest BCUT2D eigenvalue weighted by Gasteiger charge is -2.03.